The molecule has 7 heteroatoms. The molecule has 0 N–H and O–H groups in total. The van der Waals surface area contributed by atoms with Crippen LogP contribution in [-0.2, 0) is 9.53 Å². The Kier molecular flexibility index (Phi) is 6.02. The van der Waals surface area contributed by atoms with Gasteiger partial charge in [0.25, 0.3) is 0 Å². The summed E-state index contributed by atoms with van der Waals surface area (Å²) in [6.45, 7) is 8.09. The van der Waals surface area contributed by atoms with E-state index in [1.165, 1.54) is 0 Å². The lowest BCUT2D eigenvalue weighted by Gasteiger charge is -2.32. The van der Waals surface area contributed by atoms with E-state index in [2.05, 4.69) is 15.0 Å². The van der Waals surface area contributed by atoms with E-state index in [9.17, 15) is 4.79 Å². The number of hydrogen-bond donors (Lipinski definition) is 0. The molecule has 0 spiro atoms. The third-order valence-electron chi connectivity index (χ3n) is 5.68. The zero-order valence-corrected chi connectivity index (χ0v) is 16.5. The van der Waals surface area contributed by atoms with Crippen molar-refractivity contribution in [3.05, 3.63) is 35.7 Å². The zero-order valence-electron chi connectivity index (χ0n) is 16.5. The molecule has 1 aromatic carbocycles. The van der Waals surface area contributed by atoms with Crippen LogP contribution in [0.2, 0.25) is 0 Å². The fourth-order valence-corrected chi connectivity index (χ4v) is 3.98. The van der Waals surface area contributed by atoms with Gasteiger partial charge >= 0.3 is 0 Å². The molecule has 28 heavy (non-hydrogen) atoms. The quantitative estimate of drug-likeness (QED) is 0.762. The predicted molar refractivity (Wildman–Crippen MR) is 105 cm³/mol. The summed E-state index contributed by atoms with van der Waals surface area (Å²) >= 11 is 0. The number of piperidine rings is 1. The first-order valence-electron chi connectivity index (χ1n) is 10.2. The van der Waals surface area contributed by atoms with E-state index >= 15 is 0 Å². The minimum absolute atomic E-state index is 0.117. The molecule has 2 aromatic rings. The molecule has 0 unspecified atom stereocenters. The summed E-state index contributed by atoms with van der Waals surface area (Å²) in [5.41, 5.74) is 2.12. The summed E-state index contributed by atoms with van der Waals surface area (Å²) in [5.74, 6) is 1.62. The van der Waals surface area contributed by atoms with E-state index in [1.807, 2.05) is 36.1 Å². The van der Waals surface area contributed by atoms with Gasteiger partial charge in [0.2, 0.25) is 17.6 Å². The van der Waals surface area contributed by atoms with E-state index in [1.54, 1.807) is 0 Å². The number of aryl methyl sites for hydroxylation is 1. The number of aromatic nitrogens is 2. The van der Waals surface area contributed by atoms with Crippen molar-refractivity contribution in [3.63, 3.8) is 0 Å². The van der Waals surface area contributed by atoms with Crippen LogP contribution in [0.1, 0.15) is 36.6 Å². The van der Waals surface area contributed by atoms with Gasteiger partial charge in [0.05, 0.1) is 19.1 Å². The molecule has 0 bridgehead atoms. The number of rotatable bonds is 6. The minimum atomic E-state index is 0.117. The number of ether oxygens (including phenoxy) is 1. The van der Waals surface area contributed by atoms with Gasteiger partial charge < -0.3 is 14.2 Å². The summed E-state index contributed by atoms with van der Waals surface area (Å²) in [6.07, 6.45) is 2.30. The van der Waals surface area contributed by atoms with Crippen molar-refractivity contribution in [2.24, 2.45) is 0 Å². The van der Waals surface area contributed by atoms with Gasteiger partial charge in [-0.2, -0.15) is 4.98 Å². The van der Waals surface area contributed by atoms with Gasteiger partial charge in [-0.3, -0.25) is 9.69 Å². The van der Waals surface area contributed by atoms with Crippen molar-refractivity contribution in [1.82, 2.24) is 19.9 Å². The summed E-state index contributed by atoms with van der Waals surface area (Å²) in [7, 11) is 0. The molecule has 3 heterocycles. The molecule has 4 rings (SSSR count). The number of likely N-dealkylation sites (tertiary alicyclic amines) is 1. The SMILES string of the molecule is Cc1ccccc1-c1noc([C@H]2CCC(=O)N(CCCN3CCOCC3)C2)n1. The van der Waals surface area contributed by atoms with Gasteiger partial charge in [-0.1, -0.05) is 29.4 Å². The van der Waals surface area contributed by atoms with Crippen LogP contribution in [0.15, 0.2) is 28.8 Å². The zero-order chi connectivity index (χ0) is 19.3. The Morgan fingerprint density at radius 3 is 2.82 bits per heavy atom. The largest absolute Gasteiger partial charge is 0.379 e. The van der Waals surface area contributed by atoms with E-state index < -0.39 is 0 Å². The van der Waals surface area contributed by atoms with Gasteiger partial charge in [-0.25, -0.2) is 0 Å². The number of hydrogen-bond acceptors (Lipinski definition) is 6. The van der Waals surface area contributed by atoms with Crippen LogP contribution < -0.4 is 0 Å². The molecule has 0 saturated carbocycles. The lowest BCUT2D eigenvalue weighted by atomic mass is 9.97. The van der Waals surface area contributed by atoms with Gasteiger partial charge in [0.15, 0.2) is 0 Å². The van der Waals surface area contributed by atoms with Crippen molar-refractivity contribution in [2.75, 3.05) is 45.9 Å². The molecule has 2 aliphatic rings. The van der Waals surface area contributed by atoms with Crippen LogP contribution in [-0.4, -0.2) is 71.8 Å². The lowest BCUT2D eigenvalue weighted by molar-refractivity contribution is -0.134. The third-order valence-corrected chi connectivity index (χ3v) is 5.68. The molecule has 150 valence electrons. The number of amides is 1. The third kappa shape index (κ3) is 4.42. The number of benzene rings is 1. The average molecular weight is 384 g/mol. The number of carbonyl (C=O) groups is 1. The van der Waals surface area contributed by atoms with Crippen molar-refractivity contribution in [3.8, 4) is 11.4 Å². The summed E-state index contributed by atoms with van der Waals surface area (Å²) < 4.78 is 11.0. The van der Waals surface area contributed by atoms with Crippen molar-refractivity contribution >= 4 is 5.91 Å². The van der Waals surface area contributed by atoms with Crippen LogP contribution in [0.25, 0.3) is 11.4 Å². The van der Waals surface area contributed by atoms with Crippen LogP contribution in [0.3, 0.4) is 0 Å². The van der Waals surface area contributed by atoms with E-state index in [-0.39, 0.29) is 11.8 Å². The van der Waals surface area contributed by atoms with Crippen LogP contribution in [0, 0.1) is 6.92 Å². The Morgan fingerprint density at radius 1 is 1.18 bits per heavy atom. The Bertz CT molecular complexity index is 800. The molecule has 2 saturated heterocycles. The van der Waals surface area contributed by atoms with Gasteiger partial charge in [-0.15, -0.1) is 0 Å². The monoisotopic (exact) mass is 384 g/mol. The fourth-order valence-electron chi connectivity index (χ4n) is 3.98. The highest BCUT2D eigenvalue weighted by molar-refractivity contribution is 5.77. The van der Waals surface area contributed by atoms with E-state index in [0.29, 0.717) is 24.7 Å². The highest BCUT2D eigenvalue weighted by atomic mass is 16.5. The lowest BCUT2D eigenvalue weighted by Crippen LogP contribution is -2.42. The van der Waals surface area contributed by atoms with Gasteiger partial charge in [0, 0.05) is 44.7 Å². The fraction of sp³-hybridized carbons (Fsp3) is 0.571. The number of nitrogens with zero attached hydrogens (tertiary/aromatic N) is 4. The molecule has 7 nitrogen and oxygen atoms in total. The second-order valence-electron chi connectivity index (χ2n) is 7.65. The first-order valence-corrected chi connectivity index (χ1v) is 10.2. The molecule has 1 atom stereocenters. The highest BCUT2D eigenvalue weighted by Crippen LogP contribution is 2.29. The second-order valence-corrected chi connectivity index (χ2v) is 7.65. The Morgan fingerprint density at radius 2 is 2.00 bits per heavy atom. The number of carbonyl (C=O) groups excluding carboxylic acids is 1. The maximum atomic E-state index is 12.4. The Labute approximate surface area is 165 Å². The van der Waals surface area contributed by atoms with Crippen molar-refractivity contribution in [1.29, 1.82) is 0 Å². The Hall–Kier alpha value is -2.25. The van der Waals surface area contributed by atoms with Gasteiger partial charge in [-0.05, 0) is 25.3 Å². The molecule has 0 aliphatic carbocycles. The first kappa shape index (κ1) is 19.1. The van der Waals surface area contributed by atoms with Crippen LogP contribution in [0.4, 0.5) is 0 Å². The predicted octanol–water partition coefficient (Wildman–Crippen LogP) is 2.47. The topological polar surface area (TPSA) is 71.7 Å². The summed E-state index contributed by atoms with van der Waals surface area (Å²) in [4.78, 5) is 21.4. The molecule has 2 aliphatic heterocycles. The van der Waals surface area contributed by atoms with Crippen LogP contribution >= 0.6 is 0 Å². The van der Waals surface area contributed by atoms with E-state index in [0.717, 1.165) is 63.4 Å². The normalized spacial score (nSPS) is 21.2. The van der Waals surface area contributed by atoms with Crippen molar-refractivity contribution in [2.45, 2.75) is 32.1 Å². The van der Waals surface area contributed by atoms with E-state index in [4.69, 9.17) is 9.26 Å². The molecular weight excluding hydrogens is 356 g/mol. The van der Waals surface area contributed by atoms with Gasteiger partial charge in [0.1, 0.15) is 0 Å². The van der Waals surface area contributed by atoms with Crippen molar-refractivity contribution < 1.29 is 14.1 Å². The smallest absolute Gasteiger partial charge is 0.231 e. The Balaban J connectivity index is 1.35. The second kappa shape index (κ2) is 8.84. The minimum Gasteiger partial charge on any atom is -0.379 e. The summed E-state index contributed by atoms with van der Waals surface area (Å²) in [6, 6.07) is 8.03. The first-order chi connectivity index (χ1) is 13.7. The molecular formula is C21H28N4O3. The molecule has 2 fully saturated rings. The number of morpholine rings is 1. The maximum absolute atomic E-state index is 12.4. The summed E-state index contributed by atoms with van der Waals surface area (Å²) in [5, 5.41) is 4.18. The highest BCUT2D eigenvalue weighted by Gasteiger charge is 2.30. The molecule has 1 aromatic heterocycles. The molecule has 0 radical (unpaired) electrons. The maximum Gasteiger partial charge on any atom is 0.231 e. The molecule has 1 amide bonds. The van der Waals surface area contributed by atoms with Crippen LogP contribution in [0.5, 0.6) is 0 Å². The average Bonchev–Trinajstić information content (AvgIpc) is 3.20. The standard InChI is InChI=1S/C21H28N4O3/c1-16-5-2-3-6-18(16)20-22-21(28-23-20)17-7-8-19(26)25(15-17)10-4-9-24-11-13-27-14-12-24/h2-3,5-6,17H,4,7-15H2,1H3/t17-/m0/s1.